The van der Waals surface area contributed by atoms with Crippen molar-refractivity contribution in [1.29, 1.82) is 0 Å². The Morgan fingerprint density at radius 2 is 2.00 bits per heavy atom. The first-order chi connectivity index (χ1) is 8.72. The quantitative estimate of drug-likeness (QED) is 0.900. The second kappa shape index (κ2) is 4.68. The summed E-state index contributed by atoms with van der Waals surface area (Å²) in [5.74, 6) is -1.29. The van der Waals surface area contributed by atoms with Crippen LogP contribution in [0.4, 0.5) is 13.2 Å². The fraction of sp³-hybridized carbons (Fsp3) is 0.417. The van der Waals surface area contributed by atoms with Gasteiger partial charge in [-0.15, -0.1) is 0 Å². The number of carboxylic acids is 1. The monoisotopic (exact) mass is 293 g/mol. The lowest BCUT2D eigenvalue weighted by atomic mass is 9.96. The van der Waals surface area contributed by atoms with E-state index in [0.29, 0.717) is 16.1 Å². The number of rotatable bonds is 3. The van der Waals surface area contributed by atoms with Crippen LogP contribution in [0.2, 0.25) is 5.02 Å². The number of carboxylic acid groups (broad SMARTS) is 1. The SMILES string of the molecule is O=C(O)C1(NCC(F)(F)F)Cc2ccc(Cl)cc2C1. The first-order valence-electron chi connectivity index (χ1n) is 5.54. The third-order valence-corrected chi connectivity index (χ3v) is 3.42. The number of benzene rings is 1. The van der Waals surface area contributed by atoms with Gasteiger partial charge < -0.3 is 5.11 Å². The molecule has 0 fully saturated rings. The summed E-state index contributed by atoms with van der Waals surface area (Å²) in [5, 5.41) is 11.8. The molecule has 0 aliphatic heterocycles. The van der Waals surface area contributed by atoms with Crippen LogP contribution in [0.15, 0.2) is 18.2 Å². The fourth-order valence-corrected chi connectivity index (χ4v) is 2.46. The highest BCUT2D eigenvalue weighted by atomic mass is 35.5. The molecular formula is C12H11ClF3NO2. The van der Waals surface area contributed by atoms with E-state index in [2.05, 4.69) is 5.32 Å². The summed E-state index contributed by atoms with van der Waals surface area (Å²) < 4.78 is 36.8. The molecule has 0 amide bonds. The molecule has 1 unspecified atom stereocenters. The number of hydrogen-bond donors (Lipinski definition) is 2. The number of hydrogen-bond acceptors (Lipinski definition) is 2. The van der Waals surface area contributed by atoms with Crippen molar-refractivity contribution >= 4 is 17.6 Å². The molecule has 2 N–H and O–H groups in total. The molecule has 1 aliphatic rings. The van der Waals surface area contributed by atoms with E-state index < -0.39 is 24.2 Å². The maximum atomic E-state index is 12.3. The molecule has 1 aliphatic carbocycles. The average molecular weight is 294 g/mol. The van der Waals surface area contributed by atoms with Crippen LogP contribution in [-0.2, 0) is 17.6 Å². The third-order valence-electron chi connectivity index (χ3n) is 3.19. The lowest BCUT2D eigenvalue weighted by molar-refractivity contribution is -0.149. The van der Waals surface area contributed by atoms with Crippen LogP contribution < -0.4 is 5.32 Å². The predicted molar refractivity (Wildman–Crippen MR) is 63.3 cm³/mol. The third kappa shape index (κ3) is 3.01. The van der Waals surface area contributed by atoms with Gasteiger partial charge in [-0.3, -0.25) is 10.1 Å². The van der Waals surface area contributed by atoms with Crippen molar-refractivity contribution in [2.45, 2.75) is 24.6 Å². The molecule has 1 aromatic rings. The largest absolute Gasteiger partial charge is 0.480 e. The molecule has 0 spiro atoms. The van der Waals surface area contributed by atoms with Crippen LogP contribution in [-0.4, -0.2) is 29.3 Å². The maximum Gasteiger partial charge on any atom is 0.401 e. The summed E-state index contributed by atoms with van der Waals surface area (Å²) in [6.07, 6.45) is -4.44. The summed E-state index contributed by atoms with van der Waals surface area (Å²) in [6.45, 7) is -1.33. The van der Waals surface area contributed by atoms with Crippen molar-refractivity contribution in [3.8, 4) is 0 Å². The van der Waals surface area contributed by atoms with Gasteiger partial charge in [0.2, 0.25) is 0 Å². The van der Waals surface area contributed by atoms with Gasteiger partial charge in [-0.1, -0.05) is 17.7 Å². The topological polar surface area (TPSA) is 49.3 Å². The molecule has 7 heteroatoms. The van der Waals surface area contributed by atoms with Gasteiger partial charge in [0.15, 0.2) is 0 Å². The Labute approximate surface area is 112 Å². The first kappa shape index (κ1) is 14.1. The number of aliphatic carboxylic acids is 1. The van der Waals surface area contributed by atoms with Crippen molar-refractivity contribution in [3.05, 3.63) is 34.3 Å². The van der Waals surface area contributed by atoms with Crippen molar-refractivity contribution in [1.82, 2.24) is 5.32 Å². The molecule has 0 aromatic heterocycles. The van der Waals surface area contributed by atoms with Crippen molar-refractivity contribution in [2.24, 2.45) is 0 Å². The summed E-state index contributed by atoms with van der Waals surface area (Å²) >= 11 is 5.80. The zero-order valence-electron chi connectivity index (χ0n) is 9.72. The van der Waals surface area contributed by atoms with Gasteiger partial charge in [-0.05, 0) is 23.3 Å². The molecule has 1 atom stereocenters. The van der Waals surface area contributed by atoms with Gasteiger partial charge in [0, 0.05) is 17.9 Å². The minimum atomic E-state index is -4.45. The van der Waals surface area contributed by atoms with Gasteiger partial charge in [0.05, 0.1) is 6.54 Å². The first-order valence-corrected chi connectivity index (χ1v) is 5.92. The van der Waals surface area contributed by atoms with Gasteiger partial charge in [0.1, 0.15) is 5.54 Å². The van der Waals surface area contributed by atoms with Gasteiger partial charge >= 0.3 is 12.1 Å². The van der Waals surface area contributed by atoms with Crippen molar-refractivity contribution in [3.63, 3.8) is 0 Å². The van der Waals surface area contributed by atoms with E-state index in [1.165, 1.54) is 0 Å². The van der Waals surface area contributed by atoms with E-state index in [9.17, 15) is 23.1 Å². The number of carbonyl (C=O) groups is 1. The Hall–Kier alpha value is -1.27. The molecule has 1 aromatic carbocycles. The van der Waals surface area contributed by atoms with E-state index in [1.54, 1.807) is 18.2 Å². The Balaban J connectivity index is 2.23. The minimum Gasteiger partial charge on any atom is -0.480 e. The maximum absolute atomic E-state index is 12.3. The van der Waals surface area contributed by atoms with E-state index in [4.69, 9.17) is 11.6 Å². The molecule has 0 bridgehead atoms. The van der Waals surface area contributed by atoms with Crippen molar-refractivity contribution < 1.29 is 23.1 Å². The highest BCUT2D eigenvalue weighted by molar-refractivity contribution is 6.30. The summed E-state index contributed by atoms with van der Waals surface area (Å²) in [5.41, 5.74) is -0.228. The van der Waals surface area contributed by atoms with Crippen LogP contribution in [0.5, 0.6) is 0 Å². The predicted octanol–water partition coefficient (Wildman–Crippen LogP) is 2.41. The lowest BCUT2D eigenvalue weighted by Gasteiger charge is -2.26. The molecule has 0 radical (unpaired) electrons. The highest BCUT2D eigenvalue weighted by Gasteiger charge is 2.46. The van der Waals surface area contributed by atoms with Crippen LogP contribution in [0.25, 0.3) is 0 Å². The molecule has 19 heavy (non-hydrogen) atoms. The van der Waals surface area contributed by atoms with E-state index in [0.717, 1.165) is 0 Å². The molecular weight excluding hydrogens is 283 g/mol. The molecule has 0 saturated carbocycles. The Kier molecular flexibility index (Phi) is 3.49. The van der Waals surface area contributed by atoms with Crippen LogP contribution in [0.3, 0.4) is 0 Å². The zero-order valence-corrected chi connectivity index (χ0v) is 10.5. The zero-order chi connectivity index (χ0) is 14.3. The van der Waals surface area contributed by atoms with E-state index in [-0.39, 0.29) is 12.8 Å². The Morgan fingerprint density at radius 1 is 1.37 bits per heavy atom. The van der Waals surface area contributed by atoms with Crippen LogP contribution in [0, 0.1) is 0 Å². The second-order valence-electron chi connectivity index (χ2n) is 4.62. The van der Waals surface area contributed by atoms with E-state index in [1.807, 2.05) is 0 Å². The summed E-state index contributed by atoms with van der Waals surface area (Å²) in [7, 11) is 0. The smallest absolute Gasteiger partial charge is 0.401 e. The molecule has 0 saturated heterocycles. The van der Waals surface area contributed by atoms with E-state index >= 15 is 0 Å². The molecule has 3 nitrogen and oxygen atoms in total. The van der Waals surface area contributed by atoms with Crippen LogP contribution in [0.1, 0.15) is 11.1 Å². The molecule has 2 rings (SSSR count). The summed E-state index contributed by atoms with van der Waals surface area (Å²) in [6, 6.07) is 4.84. The minimum absolute atomic E-state index is 0.00565. The van der Waals surface area contributed by atoms with Crippen LogP contribution >= 0.6 is 11.6 Å². The standard InChI is InChI=1S/C12H11ClF3NO2/c13-9-2-1-7-4-11(10(18)19,5-8(7)3-9)17-6-12(14,15)16/h1-3,17H,4-6H2,(H,18,19). The second-order valence-corrected chi connectivity index (χ2v) is 5.06. The Bertz CT molecular complexity index is 518. The molecule has 104 valence electrons. The summed E-state index contributed by atoms with van der Waals surface area (Å²) in [4.78, 5) is 11.3. The molecule has 0 heterocycles. The average Bonchev–Trinajstić information content (AvgIpc) is 2.64. The van der Waals surface area contributed by atoms with Gasteiger partial charge in [-0.25, -0.2) is 0 Å². The normalized spacial score (nSPS) is 22.3. The number of nitrogens with one attached hydrogen (secondary N) is 1. The van der Waals surface area contributed by atoms with Crippen molar-refractivity contribution in [2.75, 3.05) is 6.54 Å². The fourth-order valence-electron chi connectivity index (χ4n) is 2.27. The number of fused-ring (bicyclic) bond motifs is 1. The highest BCUT2D eigenvalue weighted by Crippen LogP contribution is 2.33. The number of halogens is 4. The Morgan fingerprint density at radius 3 is 2.58 bits per heavy atom. The van der Waals surface area contributed by atoms with Gasteiger partial charge in [0.25, 0.3) is 0 Å². The van der Waals surface area contributed by atoms with Gasteiger partial charge in [-0.2, -0.15) is 13.2 Å². The lowest BCUT2D eigenvalue weighted by Crippen LogP contribution is -2.55. The number of alkyl halides is 3.